The Labute approximate surface area is 154 Å². The second kappa shape index (κ2) is 6.34. The van der Waals surface area contributed by atoms with E-state index in [1.54, 1.807) is 12.1 Å². The molecule has 0 unspecified atom stereocenters. The summed E-state index contributed by atoms with van der Waals surface area (Å²) in [4.78, 5) is 0. The number of hydrogen-bond acceptors (Lipinski definition) is 2. The summed E-state index contributed by atoms with van der Waals surface area (Å²) in [6, 6.07) is 17.4. The van der Waals surface area contributed by atoms with Crippen LogP contribution in [0.5, 0.6) is 0 Å². The van der Waals surface area contributed by atoms with Crippen molar-refractivity contribution < 1.29 is 17.6 Å². The van der Waals surface area contributed by atoms with E-state index < -0.39 is 11.7 Å². The van der Waals surface area contributed by atoms with Gasteiger partial charge in [0.1, 0.15) is 5.58 Å². The van der Waals surface area contributed by atoms with Crippen molar-refractivity contribution in [1.29, 1.82) is 0 Å². The summed E-state index contributed by atoms with van der Waals surface area (Å²) in [5.41, 5.74) is 2.21. The predicted molar refractivity (Wildman–Crippen MR) is 103 cm³/mol. The molecule has 4 rings (SSSR count). The number of rotatable bonds is 3. The molecule has 3 aromatic carbocycles. The first kappa shape index (κ1) is 17.5. The molecule has 0 amide bonds. The van der Waals surface area contributed by atoms with Crippen molar-refractivity contribution in [2.45, 2.75) is 25.9 Å². The largest absolute Gasteiger partial charge is 0.453 e. The molecule has 2 nitrogen and oxygen atoms in total. The zero-order chi connectivity index (χ0) is 19.2. The highest BCUT2D eigenvalue weighted by Gasteiger charge is 2.34. The first-order chi connectivity index (χ1) is 12.9. The Morgan fingerprint density at radius 3 is 2.11 bits per heavy atom. The van der Waals surface area contributed by atoms with Crippen LogP contribution >= 0.6 is 0 Å². The Kier molecular flexibility index (Phi) is 4.10. The van der Waals surface area contributed by atoms with Gasteiger partial charge in [-0.3, -0.25) is 0 Å². The number of anilines is 2. The molecule has 0 bridgehead atoms. The molecule has 4 aromatic rings. The molecule has 0 aliphatic rings. The molecule has 0 aliphatic heterocycles. The second-order valence-electron chi connectivity index (χ2n) is 6.83. The van der Waals surface area contributed by atoms with Crippen LogP contribution in [-0.4, -0.2) is 0 Å². The van der Waals surface area contributed by atoms with Crippen LogP contribution in [0.25, 0.3) is 21.9 Å². The molecular weight excluding hydrogens is 351 g/mol. The molecule has 5 heteroatoms. The van der Waals surface area contributed by atoms with E-state index >= 15 is 0 Å². The summed E-state index contributed by atoms with van der Waals surface area (Å²) in [7, 11) is 0. The summed E-state index contributed by atoms with van der Waals surface area (Å²) in [5.74, 6) is 0.306. The van der Waals surface area contributed by atoms with Crippen LogP contribution in [0.1, 0.15) is 30.9 Å². The maximum Gasteiger partial charge on any atom is 0.420 e. The fraction of sp³-hybridized carbons (Fsp3) is 0.182. The zero-order valence-corrected chi connectivity index (χ0v) is 14.9. The SMILES string of the molecule is CC(C)c1ccccc1Nc1cccc2c1oc1c(C(F)(F)F)cccc12. The average Bonchev–Trinajstić information content (AvgIpc) is 3.01. The van der Waals surface area contributed by atoms with E-state index in [0.717, 1.165) is 17.3 Å². The maximum atomic E-state index is 13.4. The molecule has 0 atom stereocenters. The van der Waals surface area contributed by atoms with Gasteiger partial charge in [-0.2, -0.15) is 13.2 Å². The minimum Gasteiger partial charge on any atom is -0.453 e. The number of halogens is 3. The highest BCUT2D eigenvalue weighted by molar-refractivity contribution is 6.10. The van der Waals surface area contributed by atoms with Crippen LogP contribution in [0.2, 0.25) is 0 Å². The highest BCUT2D eigenvalue weighted by atomic mass is 19.4. The number of furan rings is 1. The van der Waals surface area contributed by atoms with Gasteiger partial charge in [0.2, 0.25) is 0 Å². The molecule has 0 radical (unpaired) electrons. The van der Waals surface area contributed by atoms with Crippen LogP contribution < -0.4 is 5.32 Å². The van der Waals surface area contributed by atoms with Gasteiger partial charge >= 0.3 is 6.18 Å². The minimum atomic E-state index is -4.47. The third kappa shape index (κ3) is 3.03. The normalized spacial score (nSPS) is 12.2. The molecule has 27 heavy (non-hydrogen) atoms. The molecule has 0 aliphatic carbocycles. The third-order valence-corrected chi connectivity index (χ3v) is 4.68. The fourth-order valence-corrected chi connectivity index (χ4v) is 3.40. The van der Waals surface area contributed by atoms with Gasteiger partial charge in [-0.1, -0.05) is 56.3 Å². The van der Waals surface area contributed by atoms with Crippen LogP contribution in [0.4, 0.5) is 24.5 Å². The Morgan fingerprint density at radius 2 is 1.41 bits per heavy atom. The lowest BCUT2D eigenvalue weighted by Crippen LogP contribution is -2.04. The number of para-hydroxylation sites is 3. The quantitative estimate of drug-likeness (QED) is 0.405. The molecule has 0 fully saturated rings. The lowest BCUT2D eigenvalue weighted by Gasteiger charge is -2.14. The van der Waals surface area contributed by atoms with Crippen molar-refractivity contribution >= 4 is 33.3 Å². The molecule has 138 valence electrons. The average molecular weight is 369 g/mol. The van der Waals surface area contributed by atoms with Gasteiger partial charge in [0.25, 0.3) is 0 Å². The predicted octanol–water partition coefficient (Wildman–Crippen LogP) is 7.47. The van der Waals surface area contributed by atoms with Crippen molar-refractivity contribution in [3.8, 4) is 0 Å². The van der Waals surface area contributed by atoms with Gasteiger partial charge in [0.15, 0.2) is 5.58 Å². The molecule has 0 spiro atoms. The fourth-order valence-electron chi connectivity index (χ4n) is 3.40. The van der Waals surface area contributed by atoms with Crippen LogP contribution in [0, 0.1) is 0 Å². The molecule has 1 aromatic heterocycles. The monoisotopic (exact) mass is 369 g/mol. The highest BCUT2D eigenvalue weighted by Crippen LogP contribution is 2.41. The van der Waals surface area contributed by atoms with Gasteiger partial charge < -0.3 is 9.73 Å². The van der Waals surface area contributed by atoms with E-state index in [0.29, 0.717) is 28.0 Å². The Bertz CT molecular complexity index is 1130. The summed E-state index contributed by atoms with van der Waals surface area (Å²) >= 11 is 0. The molecule has 1 heterocycles. The Balaban J connectivity index is 1.91. The molecule has 1 N–H and O–H groups in total. The standard InChI is InChI=1S/C22H18F3NO/c1-13(2)14-7-3-4-11-18(14)26-19-12-6-9-16-15-8-5-10-17(22(23,24)25)20(15)27-21(16)19/h3-13,26H,1-2H3. The summed E-state index contributed by atoms with van der Waals surface area (Å²) in [6.07, 6.45) is -4.47. The van der Waals surface area contributed by atoms with E-state index in [2.05, 4.69) is 19.2 Å². The van der Waals surface area contributed by atoms with E-state index in [1.807, 2.05) is 36.4 Å². The molecular formula is C22H18F3NO. The van der Waals surface area contributed by atoms with Crippen molar-refractivity contribution in [3.63, 3.8) is 0 Å². The lowest BCUT2D eigenvalue weighted by atomic mass is 10.0. The molecule has 0 saturated carbocycles. The number of alkyl halides is 3. The van der Waals surface area contributed by atoms with Crippen molar-refractivity contribution in [3.05, 3.63) is 71.8 Å². The molecule has 0 saturated heterocycles. The number of hydrogen-bond donors (Lipinski definition) is 1. The van der Waals surface area contributed by atoms with Crippen molar-refractivity contribution in [1.82, 2.24) is 0 Å². The smallest absolute Gasteiger partial charge is 0.420 e. The Morgan fingerprint density at radius 1 is 0.778 bits per heavy atom. The number of nitrogens with one attached hydrogen (secondary N) is 1. The van der Waals surface area contributed by atoms with Crippen LogP contribution in [0.15, 0.2) is 65.1 Å². The summed E-state index contributed by atoms with van der Waals surface area (Å²) < 4.78 is 45.8. The summed E-state index contributed by atoms with van der Waals surface area (Å²) in [5, 5.41) is 4.46. The zero-order valence-electron chi connectivity index (χ0n) is 14.9. The van der Waals surface area contributed by atoms with Gasteiger partial charge in [0, 0.05) is 16.5 Å². The second-order valence-corrected chi connectivity index (χ2v) is 6.83. The van der Waals surface area contributed by atoms with Gasteiger partial charge in [-0.15, -0.1) is 0 Å². The van der Waals surface area contributed by atoms with Gasteiger partial charge in [0.05, 0.1) is 11.3 Å². The van der Waals surface area contributed by atoms with E-state index in [-0.39, 0.29) is 5.58 Å². The van der Waals surface area contributed by atoms with Crippen LogP contribution in [0.3, 0.4) is 0 Å². The van der Waals surface area contributed by atoms with E-state index in [4.69, 9.17) is 4.42 Å². The van der Waals surface area contributed by atoms with Gasteiger partial charge in [-0.25, -0.2) is 0 Å². The van der Waals surface area contributed by atoms with Gasteiger partial charge in [-0.05, 0) is 29.7 Å². The van der Waals surface area contributed by atoms with Crippen LogP contribution in [-0.2, 0) is 6.18 Å². The first-order valence-corrected chi connectivity index (χ1v) is 8.73. The van der Waals surface area contributed by atoms with E-state index in [1.165, 1.54) is 6.07 Å². The van der Waals surface area contributed by atoms with Crippen molar-refractivity contribution in [2.75, 3.05) is 5.32 Å². The Hall–Kier alpha value is -2.95. The number of benzene rings is 3. The first-order valence-electron chi connectivity index (χ1n) is 8.73. The minimum absolute atomic E-state index is 0.133. The van der Waals surface area contributed by atoms with Crippen molar-refractivity contribution in [2.24, 2.45) is 0 Å². The topological polar surface area (TPSA) is 25.2 Å². The number of fused-ring (bicyclic) bond motifs is 3. The maximum absolute atomic E-state index is 13.4. The lowest BCUT2D eigenvalue weighted by molar-refractivity contribution is -0.136. The van der Waals surface area contributed by atoms with E-state index in [9.17, 15) is 13.2 Å². The third-order valence-electron chi connectivity index (χ3n) is 4.68. The summed E-state index contributed by atoms with van der Waals surface area (Å²) in [6.45, 7) is 4.19.